The number of aromatic nitrogens is 1. The van der Waals surface area contributed by atoms with E-state index in [1.54, 1.807) is 19.1 Å². The minimum absolute atomic E-state index is 0.292. The molecule has 1 unspecified atom stereocenters. The number of anilines is 1. The van der Waals surface area contributed by atoms with Gasteiger partial charge in [-0.25, -0.2) is 4.98 Å². The van der Waals surface area contributed by atoms with E-state index in [0.29, 0.717) is 18.8 Å². The molecule has 3 N–H and O–H groups in total. The normalized spacial score (nSPS) is 13.6. The molecule has 0 saturated carbocycles. The van der Waals surface area contributed by atoms with E-state index in [-0.39, 0.29) is 0 Å². The first-order chi connectivity index (χ1) is 7.90. The lowest BCUT2D eigenvalue weighted by Crippen LogP contribution is -2.35. The summed E-state index contributed by atoms with van der Waals surface area (Å²) in [6, 6.07) is 2.65. The van der Waals surface area contributed by atoms with Gasteiger partial charge < -0.3 is 11.1 Å². The summed E-state index contributed by atoms with van der Waals surface area (Å²) in [4.78, 5) is 3.80. The highest BCUT2D eigenvalue weighted by Crippen LogP contribution is 2.23. The van der Waals surface area contributed by atoms with Crippen molar-refractivity contribution in [2.24, 2.45) is 0 Å². The van der Waals surface area contributed by atoms with Crippen LogP contribution < -0.4 is 11.1 Å². The van der Waals surface area contributed by atoms with Crippen molar-refractivity contribution < 1.29 is 13.2 Å². The van der Waals surface area contributed by atoms with Crippen LogP contribution in [0.2, 0.25) is 0 Å². The number of halogens is 3. The fourth-order valence-corrected chi connectivity index (χ4v) is 1.69. The van der Waals surface area contributed by atoms with Gasteiger partial charge in [-0.15, -0.1) is 0 Å². The SMILES string of the molecule is CCNC(Cc1ccnc(N)c1)CC(F)(F)F. The summed E-state index contributed by atoms with van der Waals surface area (Å²) in [7, 11) is 0. The maximum absolute atomic E-state index is 12.3. The van der Waals surface area contributed by atoms with Crippen molar-refractivity contribution in [3.8, 4) is 0 Å². The number of hydrogen-bond acceptors (Lipinski definition) is 3. The van der Waals surface area contributed by atoms with Gasteiger partial charge in [0.05, 0.1) is 6.42 Å². The first-order valence-corrected chi connectivity index (χ1v) is 5.41. The summed E-state index contributed by atoms with van der Waals surface area (Å²) in [6.07, 6.45) is -3.21. The smallest absolute Gasteiger partial charge is 0.384 e. The van der Waals surface area contributed by atoms with Gasteiger partial charge in [-0.2, -0.15) is 13.2 Å². The molecule has 0 bridgehead atoms. The number of pyridine rings is 1. The molecule has 0 fully saturated rings. The molecule has 1 aromatic heterocycles. The third-order valence-corrected chi connectivity index (χ3v) is 2.30. The zero-order chi connectivity index (χ0) is 12.9. The highest BCUT2D eigenvalue weighted by atomic mass is 19.4. The fourth-order valence-electron chi connectivity index (χ4n) is 1.69. The summed E-state index contributed by atoms with van der Waals surface area (Å²) < 4.78 is 37.0. The first-order valence-electron chi connectivity index (χ1n) is 5.41. The molecule has 17 heavy (non-hydrogen) atoms. The molecule has 0 radical (unpaired) electrons. The minimum Gasteiger partial charge on any atom is -0.384 e. The first kappa shape index (κ1) is 13.8. The van der Waals surface area contributed by atoms with Crippen LogP contribution in [0.3, 0.4) is 0 Å². The Morgan fingerprint density at radius 1 is 1.47 bits per heavy atom. The summed E-state index contributed by atoms with van der Waals surface area (Å²) in [6.45, 7) is 2.28. The van der Waals surface area contributed by atoms with Gasteiger partial charge in [-0.3, -0.25) is 0 Å². The molecule has 1 atom stereocenters. The maximum Gasteiger partial charge on any atom is 0.390 e. The second-order valence-electron chi connectivity index (χ2n) is 3.87. The third-order valence-electron chi connectivity index (χ3n) is 2.30. The van der Waals surface area contributed by atoms with Crippen molar-refractivity contribution >= 4 is 5.82 Å². The van der Waals surface area contributed by atoms with Crippen LogP contribution in [-0.4, -0.2) is 23.7 Å². The Bertz CT molecular complexity index is 352. The highest BCUT2D eigenvalue weighted by molar-refractivity contribution is 5.32. The Morgan fingerprint density at radius 3 is 2.71 bits per heavy atom. The summed E-state index contributed by atoms with van der Waals surface area (Å²) >= 11 is 0. The van der Waals surface area contributed by atoms with Gasteiger partial charge in [0.2, 0.25) is 0 Å². The number of hydrogen-bond donors (Lipinski definition) is 2. The maximum atomic E-state index is 12.3. The van der Waals surface area contributed by atoms with Crippen LogP contribution in [-0.2, 0) is 6.42 Å². The van der Waals surface area contributed by atoms with Crippen molar-refractivity contribution in [2.45, 2.75) is 32.0 Å². The molecule has 96 valence electrons. The molecule has 1 rings (SSSR count). The van der Waals surface area contributed by atoms with Crippen LogP contribution >= 0.6 is 0 Å². The van der Waals surface area contributed by atoms with Gasteiger partial charge in [0.25, 0.3) is 0 Å². The lowest BCUT2D eigenvalue weighted by Gasteiger charge is -2.19. The van der Waals surface area contributed by atoms with Crippen molar-refractivity contribution in [3.05, 3.63) is 23.9 Å². The van der Waals surface area contributed by atoms with Gasteiger partial charge in [0, 0.05) is 12.2 Å². The molecular weight excluding hydrogens is 231 g/mol. The average molecular weight is 247 g/mol. The predicted octanol–water partition coefficient (Wildman–Crippen LogP) is 2.14. The molecule has 1 heterocycles. The molecule has 0 amide bonds. The Balaban J connectivity index is 2.66. The van der Waals surface area contributed by atoms with E-state index in [9.17, 15) is 13.2 Å². The summed E-state index contributed by atoms with van der Waals surface area (Å²) in [5.74, 6) is 0.324. The molecule has 1 aromatic rings. The van der Waals surface area contributed by atoms with Gasteiger partial charge in [-0.05, 0) is 30.7 Å². The van der Waals surface area contributed by atoms with E-state index >= 15 is 0 Å². The largest absolute Gasteiger partial charge is 0.390 e. The topological polar surface area (TPSA) is 50.9 Å². The fraction of sp³-hybridized carbons (Fsp3) is 0.545. The molecule has 0 aliphatic carbocycles. The van der Waals surface area contributed by atoms with Crippen molar-refractivity contribution in [2.75, 3.05) is 12.3 Å². The lowest BCUT2D eigenvalue weighted by atomic mass is 10.0. The van der Waals surface area contributed by atoms with E-state index in [4.69, 9.17) is 5.73 Å². The molecule has 3 nitrogen and oxygen atoms in total. The molecule has 6 heteroatoms. The Labute approximate surface area is 98.2 Å². The van der Waals surface area contributed by atoms with Crippen LogP contribution in [0.1, 0.15) is 18.9 Å². The monoisotopic (exact) mass is 247 g/mol. The molecular formula is C11H16F3N3. The molecule has 0 aliphatic rings. The number of nitrogens with zero attached hydrogens (tertiary/aromatic N) is 1. The average Bonchev–Trinajstić information content (AvgIpc) is 2.15. The van der Waals surface area contributed by atoms with E-state index in [1.165, 1.54) is 6.20 Å². The van der Waals surface area contributed by atoms with Crippen LogP contribution in [0.15, 0.2) is 18.3 Å². The number of nitrogens with two attached hydrogens (primary N) is 1. The Morgan fingerprint density at radius 2 is 2.18 bits per heavy atom. The van der Waals surface area contributed by atoms with Crippen LogP contribution in [0.25, 0.3) is 0 Å². The highest BCUT2D eigenvalue weighted by Gasteiger charge is 2.31. The van der Waals surface area contributed by atoms with E-state index in [1.807, 2.05) is 0 Å². The quantitative estimate of drug-likeness (QED) is 0.838. The van der Waals surface area contributed by atoms with Crippen molar-refractivity contribution in [3.63, 3.8) is 0 Å². The van der Waals surface area contributed by atoms with Crippen molar-refractivity contribution in [1.82, 2.24) is 10.3 Å². The van der Waals surface area contributed by atoms with Crippen LogP contribution in [0.5, 0.6) is 0 Å². The van der Waals surface area contributed by atoms with E-state index < -0.39 is 18.6 Å². The van der Waals surface area contributed by atoms with Crippen molar-refractivity contribution in [1.29, 1.82) is 0 Å². The lowest BCUT2D eigenvalue weighted by molar-refractivity contribution is -0.139. The standard InChI is InChI=1S/C11H16F3N3/c1-2-16-9(7-11(12,13)14)5-8-3-4-17-10(15)6-8/h3-4,6,9,16H,2,5,7H2,1H3,(H2,15,17). The van der Waals surface area contributed by atoms with Gasteiger partial charge in [0.1, 0.15) is 5.82 Å². The second kappa shape index (κ2) is 5.86. The van der Waals surface area contributed by atoms with Gasteiger partial charge in [-0.1, -0.05) is 6.92 Å². The zero-order valence-electron chi connectivity index (χ0n) is 9.59. The molecule has 0 aliphatic heterocycles. The number of alkyl halides is 3. The van der Waals surface area contributed by atoms with Gasteiger partial charge >= 0.3 is 6.18 Å². The van der Waals surface area contributed by atoms with Crippen LogP contribution in [0.4, 0.5) is 19.0 Å². The number of likely N-dealkylation sites (N-methyl/N-ethyl adjacent to an activating group) is 1. The zero-order valence-corrected chi connectivity index (χ0v) is 9.59. The number of nitrogens with one attached hydrogen (secondary N) is 1. The summed E-state index contributed by atoms with van der Waals surface area (Å²) in [5.41, 5.74) is 6.24. The molecule has 0 spiro atoms. The summed E-state index contributed by atoms with van der Waals surface area (Å²) in [5, 5.41) is 2.83. The van der Waals surface area contributed by atoms with Crippen LogP contribution in [0, 0.1) is 0 Å². The Kier molecular flexibility index (Phi) is 4.74. The second-order valence-corrected chi connectivity index (χ2v) is 3.87. The van der Waals surface area contributed by atoms with Gasteiger partial charge in [0.15, 0.2) is 0 Å². The predicted molar refractivity (Wildman–Crippen MR) is 60.5 cm³/mol. The minimum atomic E-state index is -4.16. The Hall–Kier alpha value is -1.30. The number of rotatable bonds is 5. The molecule has 0 aromatic carbocycles. The number of nitrogen functional groups attached to an aromatic ring is 1. The third kappa shape index (κ3) is 5.53. The van der Waals surface area contributed by atoms with E-state index in [2.05, 4.69) is 10.3 Å². The molecule has 0 saturated heterocycles. The van der Waals surface area contributed by atoms with E-state index in [0.717, 1.165) is 5.56 Å².